The van der Waals surface area contributed by atoms with Gasteiger partial charge in [-0.2, -0.15) is 0 Å². The molecule has 10 nitrogen and oxygen atoms in total. The predicted octanol–water partition coefficient (Wildman–Crippen LogP) is 4.96. The van der Waals surface area contributed by atoms with Gasteiger partial charge in [0.15, 0.2) is 0 Å². The van der Waals surface area contributed by atoms with Gasteiger partial charge in [-0.1, -0.05) is 67.3 Å². The van der Waals surface area contributed by atoms with Gasteiger partial charge in [0.1, 0.15) is 12.6 Å². The van der Waals surface area contributed by atoms with Crippen molar-refractivity contribution in [3.63, 3.8) is 0 Å². The van der Waals surface area contributed by atoms with Gasteiger partial charge in [0.2, 0.25) is 11.8 Å². The Kier molecular flexibility index (Phi) is 9.95. The number of hydrogen-bond donors (Lipinski definition) is 1. The van der Waals surface area contributed by atoms with Gasteiger partial charge >= 0.3 is 0 Å². The molecule has 3 aromatic carbocycles. The molecule has 0 spiro atoms. The molecule has 0 bridgehead atoms. The number of nitro benzene ring substituents is 1. The lowest BCUT2D eigenvalue weighted by molar-refractivity contribution is -0.384. The van der Waals surface area contributed by atoms with Crippen LogP contribution in [0.3, 0.4) is 0 Å². The lowest BCUT2D eigenvalue weighted by Crippen LogP contribution is -2.53. The van der Waals surface area contributed by atoms with E-state index in [-0.39, 0.29) is 34.8 Å². The van der Waals surface area contributed by atoms with E-state index < -0.39 is 33.4 Å². The maximum atomic E-state index is 14.0. The first-order valence-corrected chi connectivity index (χ1v) is 15.5. The number of hydrogen-bond acceptors (Lipinski definition) is 6. The fraction of sp³-hybridized carbons (Fsp3) is 0.355. The molecule has 0 aromatic heterocycles. The van der Waals surface area contributed by atoms with E-state index in [0.29, 0.717) is 0 Å². The van der Waals surface area contributed by atoms with E-state index in [1.165, 1.54) is 41.3 Å². The van der Waals surface area contributed by atoms with Gasteiger partial charge < -0.3 is 10.2 Å². The van der Waals surface area contributed by atoms with Crippen molar-refractivity contribution in [3.05, 3.63) is 100 Å². The fourth-order valence-corrected chi connectivity index (χ4v) is 6.47. The Balaban J connectivity index is 1.67. The predicted molar refractivity (Wildman–Crippen MR) is 160 cm³/mol. The van der Waals surface area contributed by atoms with E-state index in [1.54, 1.807) is 25.1 Å². The molecule has 0 radical (unpaired) electrons. The van der Waals surface area contributed by atoms with Crippen molar-refractivity contribution in [2.45, 2.75) is 69.5 Å². The Hall–Kier alpha value is -4.25. The van der Waals surface area contributed by atoms with Crippen LogP contribution in [0.15, 0.2) is 83.8 Å². The highest BCUT2D eigenvalue weighted by atomic mass is 32.2. The average molecular weight is 593 g/mol. The normalized spacial score (nSPS) is 14.5. The number of sulfonamides is 1. The first-order chi connectivity index (χ1) is 20.1. The number of amides is 2. The summed E-state index contributed by atoms with van der Waals surface area (Å²) in [5, 5.41) is 14.3. The number of nitrogens with one attached hydrogen (secondary N) is 1. The Morgan fingerprint density at radius 3 is 2.17 bits per heavy atom. The van der Waals surface area contributed by atoms with Crippen molar-refractivity contribution in [1.82, 2.24) is 10.2 Å². The van der Waals surface area contributed by atoms with E-state index in [0.717, 1.165) is 47.5 Å². The molecule has 1 atom stereocenters. The van der Waals surface area contributed by atoms with Crippen molar-refractivity contribution in [2.24, 2.45) is 0 Å². The van der Waals surface area contributed by atoms with Gasteiger partial charge in [0.25, 0.3) is 15.7 Å². The van der Waals surface area contributed by atoms with Crippen molar-refractivity contribution in [2.75, 3.05) is 10.8 Å². The molecule has 0 aliphatic heterocycles. The van der Waals surface area contributed by atoms with Gasteiger partial charge in [-0.25, -0.2) is 8.42 Å². The lowest BCUT2D eigenvalue weighted by atomic mass is 9.95. The molecule has 42 heavy (non-hydrogen) atoms. The largest absolute Gasteiger partial charge is 0.352 e. The first-order valence-electron chi connectivity index (χ1n) is 14.0. The third kappa shape index (κ3) is 7.52. The summed E-state index contributed by atoms with van der Waals surface area (Å²) < 4.78 is 28.6. The minimum Gasteiger partial charge on any atom is -0.352 e. The van der Waals surface area contributed by atoms with Gasteiger partial charge in [0.05, 0.1) is 15.5 Å². The Morgan fingerprint density at radius 2 is 1.57 bits per heavy atom. The quantitative estimate of drug-likeness (QED) is 0.247. The molecule has 1 aliphatic carbocycles. The van der Waals surface area contributed by atoms with Gasteiger partial charge in [-0.05, 0) is 56.5 Å². The minimum absolute atomic E-state index is 0.0377. The number of carbonyl (C=O) groups is 2. The van der Waals surface area contributed by atoms with Crippen LogP contribution in [0, 0.1) is 17.0 Å². The number of nitrogens with zero attached hydrogens (tertiary/aromatic N) is 3. The number of aryl methyl sites for hydroxylation is 1. The third-order valence-corrected chi connectivity index (χ3v) is 9.34. The molecule has 0 heterocycles. The second kappa shape index (κ2) is 13.6. The molecule has 0 unspecified atom stereocenters. The molecule has 1 aliphatic rings. The summed E-state index contributed by atoms with van der Waals surface area (Å²) in [5.74, 6) is -0.880. The Labute approximate surface area is 246 Å². The second-order valence-corrected chi connectivity index (χ2v) is 12.5. The molecule has 1 saturated carbocycles. The highest BCUT2D eigenvalue weighted by molar-refractivity contribution is 7.92. The second-order valence-electron chi connectivity index (χ2n) is 10.6. The summed E-state index contributed by atoms with van der Waals surface area (Å²) in [4.78, 5) is 39.4. The number of anilines is 1. The maximum absolute atomic E-state index is 14.0. The van der Waals surface area contributed by atoms with Crippen molar-refractivity contribution in [3.8, 4) is 0 Å². The van der Waals surface area contributed by atoms with Crippen LogP contribution < -0.4 is 9.62 Å². The number of benzene rings is 3. The number of nitro groups is 1. The topological polar surface area (TPSA) is 130 Å². The van der Waals surface area contributed by atoms with E-state index >= 15 is 0 Å². The molecule has 0 saturated heterocycles. The van der Waals surface area contributed by atoms with Crippen LogP contribution in [0.25, 0.3) is 0 Å². The molecular formula is C31H36N4O6S. The van der Waals surface area contributed by atoms with Crippen LogP contribution in [-0.4, -0.2) is 48.7 Å². The smallest absolute Gasteiger partial charge is 0.269 e. The van der Waals surface area contributed by atoms with Gasteiger partial charge in [-0.15, -0.1) is 0 Å². The van der Waals surface area contributed by atoms with Crippen LogP contribution in [0.5, 0.6) is 0 Å². The first kappa shape index (κ1) is 30.7. The third-order valence-electron chi connectivity index (χ3n) is 7.55. The fourth-order valence-electron chi connectivity index (χ4n) is 5.03. The summed E-state index contributed by atoms with van der Waals surface area (Å²) in [6.07, 6.45) is 4.97. The van der Waals surface area contributed by atoms with E-state index in [4.69, 9.17) is 0 Å². The van der Waals surface area contributed by atoms with Crippen molar-refractivity contribution >= 4 is 33.2 Å². The Bertz CT molecular complexity index is 1490. The van der Waals surface area contributed by atoms with E-state index in [1.807, 2.05) is 31.2 Å². The molecule has 11 heteroatoms. The lowest BCUT2D eigenvalue weighted by Gasteiger charge is -2.33. The van der Waals surface area contributed by atoms with Crippen molar-refractivity contribution < 1.29 is 22.9 Å². The molecule has 4 rings (SSSR count). The summed E-state index contributed by atoms with van der Waals surface area (Å²) in [6, 6.07) is 19.4. The highest BCUT2D eigenvalue weighted by Crippen LogP contribution is 2.27. The molecule has 3 aromatic rings. The zero-order valence-electron chi connectivity index (χ0n) is 23.8. The molecule has 1 N–H and O–H groups in total. The number of non-ortho nitro benzene ring substituents is 1. The van der Waals surface area contributed by atoms with Crippen LogP contribution in [0.2, 0.25) is 0 Å². The Morgan fingerprint density at radius 1 is 0.952 bits per heavy atom. The highest BCUT2D eigenvalue weighted by Gasteiger charge is 2.33. The van der Waals surface area contributed by atoms with Crippen LogP contribution >= 0.6 is 0 Å². The van der Waals surface area contributed by atoms with Crippen LogP contribution in [0.4, 0.5) is 11.4 Å². The molecule has 1 fully saturated rings. The maximum Gasteiger partial charge on any atom is 0.269 e. The molecular weight excluding hydrogens is 556 g/mol. The van der Waals surface area contributed by atoms with Gasteiger partial charge in [-0.3, -0.25) is 24.0 Å². The monoisotopic (exact) mass is 592 g/mol. The SMILES string of the molecule is Cc1ccc(CN(C(=O)CN(c2ccc([N+](=O)[O-])cc2)S(=O)(=O)c2ccccc2)[C@H](C)C(=O)NC2CCCCC2)cc1. The summed E-state index contributed by atoms with van der Waals surface area (Å²) >= 11 is 0. The summed E-state index contributed by atoms with van der Waals surface area (Å²) in [6.45, 7) is 3.08. The van der Waals surface area contributed by atoms with Crippen LogP contribution in [-0.2, 0) is 26.2 Å². The average Bonchev–Trinajstić information content (AvgIpc) is 3.00. The summed E-state index contributed by atoms with van der Waals surface area (Å²) in [7, 11) is -4.25. The number of carbonyl (C=O) groups excluding carboxylic acids is 2. The molecule has 2 amide bonds. The van der Waals surface area contributed by atoms with Crippen molar-refractivity contribution in [1.29, 1.82) is 0 Å². The minimum atomic E-state index is -4.25. The zero-order chi connectivity index (χ0) is 30.3. The summed E-state index contributed by atoms with van der Waals surface area (Å²) in [5.41, 5.74) is 1.71. The van der Waals surface area contributed by atoms with Crippen LogP contribution in [0.1, 0.15) is 50.2 Å². The van der Waals surface area contributed by atoms with E-state index in [2.05, 4.69) is 5.32 Å². The zero-order valence-corrected chi connectivity index (χ0v) is 24.6. The van der Waals surface area contributed by atoms with E-state index in [9.17, 15) is 28.1 Å². The molecule has 222 valence electrons. The standard InChI is InChI=1S/C31H36N4O6S/c1-23-13-15-25(16-14-23)21-33(24(2)31(37)32-26-9-5-3-6-10-26)30(36)22-34(27-17-19-28(20-18-27)35(38)39)42(40,41)29-11-7-4-8-12-29/h4,7-8,11-20,24,26H,3,5-6,9-10,21-22H2,1-2H3,(H,32,37)/t24-/m1/s1. The number of rotatable bonds is 11. The van der Waals surface area contributed by atoms with Gasteiger partial charge in [0, 0.05) is 24.7 Å².